The molecule has 0 amide bonds. The summed E-state index contributed by atoms with van der Waals surface area (Å²) in [5.41, 5.74) is 2.25. The third kappa shape index (κ3) is 2.91. The molecule has 0 saturated carbocycles. The minimum absolute atomic E-state index is 0.865. The second kappa shape index (κ2) is 4.36. The molecule has 0 aliphatic rings. The van der Waals surface area contributed by atoms with E-state index in [1.807, 2.05) is 19.2 Å². The van der Waals surface area contributed by atoms with Gasteiger partial charge in [0, 0.05) is 17.6 Å². The minimum Gasteiger partial charge on any atom is -0.318 e. The lowest BCUT2D eigenvalue weighted by molar-refractivity contribution is 0.489. The van der Waals surface area contributed by atoms with Gasteiger partial charge >= 0.3 is 0 Å². The number of pyridine rings is 1. The normalized spacial score (nSPS) is 10.0. The van der Waals surface area contributed by atoms with E-state index in [2.05, 4.69) is 11.1 Å². The van der Waals surface area contributed by atoms with E-state index >= 15 is 0 Å². The highest BCUT2D eigenvalue weighted by molar-refractivity contribution is 7.93. The Labute approximate surface area is 71.2 Å². The first kappa shape index (κ1) is 8.56. The van der Waals surface area contributed by atoms with Crippen molar-refractivity contribution in [3.05, 3.63) is 29.6 Å². The standard InChI is InChI=1S/C8H11NOS/c1-7-3-4-8(5-9-7)6-11-10-2/h3-5H,6H2,1-2H3. The van der Waals surface area contributed by atoms with Crippen molar-refractivity contribution in [1.82, 2.24) is 4.98 Å². The van der Waals surface area contributed by atoms with Crippen LogP contribution in [0, 0.1) is 6.92 Å². The van der Waals surface area contributed by atoms with E-state index in [0.717, 1.165) is 11.4 Å². The summed E-state index contributed by atoms with van der Waals surface area (Å²) in [6.45, 7) is 1.98. The molecule has 0 atom stereocenters. The van der Waals surface area contributed by atoms with Crippen LogP contribution in [0.4, 0.5) is 0 Å². The Balaban J connectivity index is 2.52. The molecule has 0 bridgehead atoms. The Bertz CT molecular complexity index is 210. The zero-order valence-corrected chi connectivity index (χ0v) is 7.52. The smallest absolute Gasteiger partial charge is 0.0503 e. The van der Waals surface area contributed by atoms with E-state index in [-0.39, 0.29) is 0 Å². The first-order valence-corrected chi connectivity index (χ1v) is 4.31. The van der Waals surface area contributed by atoms with E-state index in [1.165, 1.54) is 17.6 Å². The quantitative estimate of drug-likeness (QED) is 0.647. The van der Waals surface area contributed by atoms with Crippen molar-refractivity contribution in [1.29, 1.82) is 0 Å². The number of hydrogen-bond acceptors (Lipinski definition) is 3. The average Bonchev–Trinajstić information content (AvgIpc) is 2.04. The van der Waals surface area contributed by atoms with Crippen LogP contribution in [0.2, 0.25) is 0 Å². The van der Waals surface area contributed by atoms with Crippen LogP contribution in [0.25, 0.3) is 0 Å². The fourth-order valence-corrected chi connectivity index (χ4v) is 1.14. The average molecular weight is 169 g/mol. The summed E-state index contributed by atoms with van der Waals surface area (Å²) in [6, 6.07) is 4.07. The van der Waals surface area contributed by atoms with E-state index < -0.39 is 0 Å². The summed E-state index contributed by atoms with van der Waals surface area (Å²) < 4.78 is 4.86. The number of hydrogen-bond donors (Lipinski definition) is 0. The Morgan fingerprint density at radius 1 is 1.55 bits per heavy atom. The second-order valence-electron chi connectivity index (χ2n) is 2.24. The molecule has 0 spiro atoms. The van der Waals surface area contributed by atoms with Crippen LogP contribution in [0.15, 0.2) is 18.3 Å². The maximum absolute atomic E-state index is 4.86. The zero-order chi connectivity index (χ0) is 8.10. The van der Waals surface area contributed by atoms with Crippen molar-refractivity contribution in [2.75, 3.05) is 7.11 Å². The van der Waals surface area contributed by atoms with Gasteiger partial charge in [-0.15, -0.1) is 0 Å². The highest BCUT2D eigenvalue weighted by atomic mass is 32.2. The Hall–Kier alpha value is -0.540. The number of rotatable bonds is 3. The van der Waals surface area contributed by atoms with Crippen LogP contribution in [-0.4, -0.2) is 12.1 Å². The van der Waals surface area contributed by atoms with Gasteiger partial charge in [-0.25, -0.2) is 0 Å². The van der Waals surface area contributed by atoms with Gasteiger partial charge in [0.25, 0.3) is 0 Å². The fourth-order valence-electron chi connectivity index (χ4n) is 0.711. The topological polar surface area (TPSA) is 22.1 Å². The SMILES string of the molecule is COSCc1ccc(C)nc1. The molecule has 0 aromatic carbocycles. The van der Waals surface area contributed by atoms with Gasteiger partial charge in [-0.3, -0.25) is 4.98 Å². The Kier molecular flexibility index (Phi) is 3.39. The molecule has 3 heteroatoms. The third-order valence-electron chi connectivity index (χ3n) is 1.32. The maximum atomic E-state index is 4.86. The lowest BCUT2D eigenvalue weighted by Crippen LogP contribution is -1.84. The van der Waals surface area contributed by atoms with E-state index in [9.17, 15) is 0 Å². The summed E-state index contributed by atoms with van der Waals surface area (Å²) in [5, 5.41) is 0. The van der Waals surface area contributed by atoms with Crippen LogP contribution in [-0.2, 0) is 9.94 Å². The molecule has 2 nitrogen and oxygen atoms in total. The number of aryl methyl sites for hydroxylation is 1. The first-order chi connectivity index (χ1) is 5.33. The number of nitrogens with zero attached hydrogens (tertiary/aromatic N) is 1. The minimum atomic E-state index is 0.865. The molecule has 1 aromatic rings. The van der Waals surface area contributed by atoms with Crippen molar-refractivity contribution in [3.63, 3.8) is 0 Å². The summed E-state index contributed by atoms with van der Waals surface area (Å²) in [5.74, 6) is 0.865. The molecular weight excluding hydrogens is 158 g/mol. The highest BCUT2D eigenvalue weighted by Gasteiger charge is 1.92. The predicted octanol–water partition coefficient (Wildman–Crippen LogP) is 2.18. The molecule has 1 rings (SSSR count). The molecule has 1 aromatic heterocycles. The molecule has 60 valence electrons. The number of aromatic nitrogens is 1. The van der Waals surface area contributed by atoms with Crippen LogP contribution >= 0.6 is 12.0 Å². The molecule has 11 heavy (non-hydrogen) atoms. The molecule has 0 aliphatic heterocycles. The highest BCUT2D eigenvalue weighted by Crippen LogP contribution is 2.10. The molecule has 0 N–H and O–H groups in total. The summed E-state index contributed by atoms with van der Waals surface area (Å²) >= 11 is 1.43. The summed E-state index contributed by atoms with van der Waals surface area (Å²) in [7, 11) is 1.67. The van der Waals surface area contributed by atoms with Gasteiger partial charge in [0.05, 0.1) is 7.11 Å². The van der Waals surface area contributed by atoms with Crippen molar-refractivity contribution in [2.24, 2.45) is 0 Å². The molecule has 1 heterocycles. The van der Waals surface area contributed by atoms with Crippen molar-refractivity contribution >= 4 is 12.0 Å². The zero-order valence-electron chi connectivity index (χ0n) is 6.70. The largest absolute Gasteiger partial charge is 0.318 e. The molecule has 0 unspecified atom stereocenters. The maximum Gasteiger partial charge on any atom is 0.0503 e. The fraction of sp³-hybridized carbons (Fsp3) is 0.375. The van der Waals surface area contributed by atoms with E-state index in [4.69, 9.17) is 4.18 Å². The van der Waals surface area contributed by atoms with E-state index in [1.54, 1.807) is 7.11 Å². The molecule has 0 aliphatic carbocycles. The van der Waals surface area contributed by atoms with Crippen LogP contribution in [0.3, 0.4) is 0 Å². The van der Waals surface area contributed by atoms with Crippen LogP contribution in [0.1, 0.15) is 11.3 Å². The van der Waals surface area contributed by atoms with Gasteiger partial charge in [-0.2, -0.15) is 0 Å². The second-order valence-corrected chi connectivity index (χ2v) is 3.09. The molecule has 0 saturated heterocycles. The lowest BCUT2D eigenvalue weighted by Gasteiger charge is -1.97. The van der Waals surface area contributed by atoms with E-state index in [0.29, 0.717) is 0 Å². The summed E-state index contributed by atoms with van der Waals surface area (Å²) in [6.07, 6.45) is 1.88. The Morgan fingerprint density at radius 2 is 2.36 bits per heavy atom. The Morgan fingerprint density at radius 3 is 2.91 bits per heavy atom. The lowest BCUT2D eigenvalue weighted by atomic mass is 10.3. The van der Waals surface area contributed by atoms with Crippen molar-refractivity contribution < 1.29 is 4.18 Å². The van der Waals surface area contributed by atoms with Gasteiger partial charge < -0.3 is 4.18 Å². The van der Waals surface area contributed by atoms with Gasteiger partial charge in [-0.05, 0) is 30.6 Å². The van der Waals surface area contributed by atoms with Crippen molar-refractivity contribution in [3.8, 4) is 0 Å². The summed E-state index contributed by atoms with van der Waals surface area (Å²) in [4.78, 5) is 4.16. The third-order valence-corrected chi connectivity index (χ3v) is 2.00. The van der Waals surface area contributed by atoms with Gasteiger partial charge in [0.15, 0.2) is 0 Å². The molecule has 0 fully saturated rings. The van der Waals surface area contributed by atoms with Gasteiger partial charge in [0.1, 0.15) is 0 Å². The van der Waals surface area contributed by atoms with Crippen molar-refractivity contribution in [2.45, 2.75) is 12.7 Å². The van der Waals surface area contributed by atoms with Crippen LogP contribution in [0.5, 0.6) is 0 Å². The molecule has 0 radical (unpaired) electrons. The van der Waals surface area contributed by atoms with Gasteiger partial charge in [-0.1, -0.05) is 6.07 Å². The van der Waals surface area contributed by atoms with Gasteiger partial charge in [0.2, 0.25) is 0 Å². The first-order valence-electron chi connectivity index (χ1n) is 3.40. The van der Waals surface area contributed by atoms with Crippen LogP contribution < -0.4 is 0 Å². The molecular formula is C8H11NOS. The monoisotopic (exact) mass is 169 g/mol. The predicted molar refractivity (Wildman–Crippen MR) is 47.3 cm³/mol.